The van der Waals surface area contributed by atoms with Crippen molar-refractivity contribution in [1.82, 2.24) is 10.6 Å². The second kappa shape index (κ2) is 8.28. The first-order chi connectivity index (χ1) is 9.74. The van der Waals surface area contributed by atoms with Crippen LogP contribution in [-0.2, 0) is 6.54 Å². The van der Waals surface area contributed by atoms with Gasteiger partial charge in [-0.2, -0.15) is 0 Å². The Kier molecular flexibility index (Phi) is 6.34. The Morgan fingerprint density at radius 3 is 2.65 bits per heavy atom. The van der Waals surface area contributed by atoms with E-state index in [1.54, 1.807) is 5.57 Å². The minimum absolute atomic E-state index is 0.719. The van der Waals surface area contributed by atoms with E-state index in [9.17, 15) is 0 Å². The zero-order valence-corrected chi connectivity index (χ0v) is 13.2. The summed E-state index contributed by atoms with van der Waals surface area (Å²) in [4.78, 5) is 0. The number of allylic oxidation sites excluding steroid dienone is 1. The van der Waals surface area contributed by atoms with Crippen LogP contribution in [0.5, 0.6) is 0 Å². The van der Waals surface area contributed by atoms with E-state index in [-0.39, 0.29) is 0 Å². The van der Waals surface area contributed by atoms with Crippen molar-refractivity contribution in [2.45, 2.75) is 38.6 Å². The summed E-state index contributed by atoms with van der Waals surface area (Å²) in [7, 11) is 0. The van der Waals surface area contributed by atoms with Gasteiger partial charge < -0.3 is 10.6 Å². The molecular formula is C16H21ClN2S. The minimum atomic E-state index is 0.719. The van der Waals surface area contributed by atoms with Crippen LogP contribution < -0.4 is 10.6 Å². The van der Waals surface area contributed by atoms with Crippen LogP contribution in [0.25, 0.3) is 0 Å². The van der Waals surface area contributed by atoms with Gasteiger partial charge in [-0.1, -0.05) is 35.4 Å². The van der Waals surface area contributed by atoms with E-state index in [1.807, 2.05) is 24.3 Å². The molecule has 0 aliphatic heterocycles. The van der Waals surface area contributed by atoms with E-state index in [0.29, 0.717) is 0 Å². The molecule has 2 nitrogen and oxygen atoms in total. The van der Waals surface area contributed by atoms with Gasteiger partial charge in [0.25, 0.3) is 0 Å². The average molecular weight is 309 g/mol. The van der Waals surface area contributed by atoms with Gasteiger partial charge in [-0.05, 0) is 62.0 Å². The Morgan fingerprint density at radius 1 is 1.15 bits per heavy atom. The third-order valence-corrected chi connectivity index (χ3v) is 4.02. The van der Waals surface area contributed by atoms with Crippen LogP contribution in [0.2, 0.25) is 5.02 Å². The normalized spacial score (nSPS) is 14.6. The van der Waals surface area contributed by atoms with Gasteiger partial charge in [-0.25, -0.2) is 0 Å². The van der Waals surface area contributed by atoms with Crippen LogP contribution >= 0.6 is 23.8 Å². The van der Waals surface area contributed by atoms with Gasteiger partial charge in [0.1, 0.15) is 0 Å². The fourth-order valence-corrected chi connectivity index (χ4v) is 2.62. The lowest BCUT2D eigenvalue weighted by Gasteiger charge is -2.14. The second-order valence-electron chi connectivity index (χ2n) is 5.09. The highest BCUT2D eigenvalue weighted by atomic mass is 35.5. The molecule has 2 N–H and O–H groups in total. The SMILES string of the molecule is S=C(NCCC1=CCCCC1)NCc1ccc(Cl)cc1. The van der Waals surface area contributed by atoms with Gasteiger partial charge in [0.05, 0.1) is 0 Å². The predicted molar refractivity (Wildman–Crippen MR) is 90.1 cm³/mol. The topological polar surface area (TPSA) is 24.1 Å². The molecule has 0 aromatic heterocycles. The molecule has 0 radical (unpaired) electrons. The average Bonchev–Trinajstić information content (AvgIpc) is 2.48. The van der Waals surface area contributed by atoms with Crippen LogP contribution in [0.4, 0.5) is 0 Å². The maximum absolute atomic E-state index is 5.85. The maximum atomic E-state index is 5.85. The Hall–Kier alpha value is -1.06. The van der Waals surface area contributed by atoms with Crippen LogP contribution in [0.15, 0.2) is 35.9 Å². The van der Waals surface area contributed by atoms with E-state index < -0.39 is 0 Å². The number of thiocarbonyl (C=S) groups is 1. The fraction of sp³-hybridized carbons (Fsp3) is 0.438. The maximum Gasteiger partial charge on any atom is 0.166 e. The van der Waals surface area contributed by atoms with Crippen LogP contribution in [0.1, 0.15) is 37.7 Å². The lowest BCUT2D eigenvalue weighted by molar-refractivity contribution is 0.667. The zero-order chi connectivity index (χ0) is 14.2. The molecule has 0 atom stereocenters. The Balaban J connectivity index is 1.62. The van der Waals surface area contributed by atoms with Crippen molar-refractivity contribution in [3.05, 3.63) is 46.5 Å². The van der Waals surface area contributed by atoms with Gasteiger partial charge >= 0.3 is 0 Å². The van der Waals surface area contributed by atoms with E-state index in [0.717, 1.165) is 29.6 Å². The number of hydrogen-bond acceptors (Lipinski definition) is 1. The molecule has 0 fully saturated rings. The summed E-state index contributed by atoms with van der Waals surface area (Å²) in [5.74, 6) is 0. The number of nitrogens with one attached hydrogen (secondary N) is 2. The molecule has 4 heteroatoms. The van der Waals surface area contributed by atoms with Crippen molar-refractivity contribution >= 4 is 28.9 Å². The van der Waals surface area contributed by atoms with E-state index >= 15 is 0 Å². The summed E-state index contributed by atoms with van der Waals surface area (Å²) in [6.45, 7) is 1.64. The second-order valence-corrected chi connectivity index (χ2v) is 5.94. The highest BCUT2D eigenvalue weighted by molar-refractivity contribution is 7.80. The van der Waals surface area contributed by atoms with Gasteiger partial charge in [-0.15, -0.1) is 0 Å². The lowest BCUT2D eigenvalue weighted by atomic mass is 9.97. The van der Waals surface area contributed by atoms with Gasteiger partial charge in [0.2, 0.25) is 0 Å². The quantitative estimate of drug-likeness (QED) is 0.630. The number of hydrogen-bond donors (Lipinski definition) is 2. The third kappa shape index (κ3) is 5.51. The van der Waals surface area contributed by atoms with Crippen LogP contribution in [0, 0.1) is 0 Å². The molecule has 1 aliphatic carbocycles. The summed E-state index contributed by atoms with van der Waals surface area (Å²) in [5, 5.41) is 7.96. The van der Waals surface area contributed by atoms with Crippen molar-refractivity contribution in [1.29, 1.82) is 0 Å². The lowest BCUT2D eigenvalue weighted by Crippen LogP contribution is -2.35. The van der Waals surface area contributed by atoms with E-state index in [1.165, 1.54) is 31.2 Å². The highest BCUT2D eigenvalue weighted by Crippen LogP contribution is 2.19. The summed E-state index contributed by atoms with van der Waals surface area (Å²) in [5.41, 5.74) is 2.75. The first-order valence-corrected chi connectivity index (χ1v) is 7.97. The molecule has 1 aromatic carbocycles. The van der Waals surface area contributed by atoms with Crippen molar-refractivity contribution in [3.8, 4) is 0 Å². The first kappa shape index (κ1) is 15.3. The summed E-state index contributed by atoms with van der Waals surface area (Å²) in [6.07, 6.45) is 8.67. The Bertz CT molecular complexity index is 468. The Labute approximate surface area is 131 Å². The largest absolute Gasteiger partial charge is 0.362 e. The molecular weight excluding hydrogens is 288 g/mol. The molecule has 1 aromatic rings. The van der Waals surface area contributed by atoms with Gasteiger partial charge in [0.15, 0.2) is 5.11 Å². The molecule has 0 heterocycles. The molecule has 0 saturated carbocycles. The molecule has 2 rings (SSSR count). The van der Waals surface area contributed by atoms with E-state index in [4.69, 9.17) is 23.8 Å². The Morgan fingerprint density at radius 2 is 1.95 bits per heavy atom. The van der Waals surface area contributed by atoms with E-state index in [2.05, 4.69) is 16.7 Å². The van der Waals surface area contributed by atoms with Crippen LogP contribution in [-0.4, -0.2) is 11.7 Å². The molecule has 1 aliphatic rings. The van der Waals surface area contributed by atoms with Gasteiger partial charge in [0, 0.05) is 18.1 Å². The monoisotopic (exact) mass is 308 g/mol. The fourth-order valence-electron chi connectivity index (χ4n) is 2.32. The molecule has 108 valence electrons. The van der Waals surface area contributed by atoms with Crippen molar-refractivity contribution in [2.24, 2.45) is 0 Å². The molecule has 0 bridgehead atoms. The summed E-state index contributed by atoms with van der Waals surface area (Å²) < 4.78 is 0. The standard InChI is InChI=1S/C16H21ClN2S/c17-15-8-6-14(7-9-15)12-19-16(20)18-11-10-13-4-2-1-3-5-13/h4,6-9H,1-3,5,10-12H2,(H2,18,19,20). The zero-order valence-electron chi connectivity index (χ0n) is 11.6. The first-order valence-electron chi connectivity index (χ1n) is 7.18. The molecule has 20 heavy (non-hydrogen) atoms. The minimum Gasteiger partial charge on any atom is -0.362 e. The molecule has 0 spiro atoms. The van der Waals surface area contributed by atoms with Crippen molar-refractivity contribution in [3.63, 3.8) is 0 Å². The third-order valence-electron chi connectivity index (χ3n) is 3.48. The number of rotatable bonds is 5. The van der Waals surface area contributed by atoms with Crippen molar-refractivity contribution in [2.75, 3.05) is 6.54 Å². The summed E-state index contributed by atoms with van der Waals surface area (Å²) in [6, 6.07) is 7.80. The van der Waals surface area contributed by atoms with Crippen molar-refractivity contribution < 1.29 is 0 Å². The highest BCUT2D eigenvalue weighted by Gasteiger charge is 2.03. The smallest absolute Gasteiger partial charge is 0.166 e. The predicted octanol–water partition coefficient (Wildman–Crippen LogP) is 4.19. The molecule has 0 amide bonds. The number of halogens is 1. The molecule has 0 unspecified atom stereocenters. The van der Waals surface area contributed by atoms with Gasteiger partial charge in [-0.3, -0.25) is 0 Å². The van der Waals surface area contributed by atoms with Crippen LogP contribution in [0.3, 0.4) is 0 Å². The molecule has 0 saturated heterocycles. The summed E-state index contributed by atoms with van der Waals surface area (Å²) >= 11 is 11.1. The number of benzene rings is 1.